The first-order chi connectivity index (χ1) is 8.56. The zero-order valence-corrected chi connectivity index (χ0v) is 11.0. The highest BCUT2D eigenvalue weighted by Crippen LogP contribution is 2.19. The van der Waals surface area contributed by atoms with Crippen molar-refractivity contribution in [2.75, 3.05) is 26.8 Å². The zero-order valence-electron chi connectivity index (χ0n) is 11.0. The summed E-state index contributed by atoms with van der Waals surface area (Å²) in [5, 5.41) is 8.93. The summed E-state index contributed by atoms with van der Waals surface area (Å²) < 4.78 is 5.00. The number of carboxylic acids is 1. The van der Waals surface area contributed by atoms with E-state index < -0.39 is 5.97 Å². The summed E-state index contributed by atoms with van der Waals surface area (Å²) in [5.74, 6) is -0.862. The molecule has 0 aromatic carbocycles. The van der Waals surface area contributed by atoms with Crippen LogP contribution in [0.1, 0.15) is 24.4 Å². The Bertz CT molecular complexity index is 398. The van der Waals surface area contributed by atoms with Gasteiger partial charge in [-0.1, -0.05) is 0 Å². The number of methoxy groups -OCH3 is 1. The Balaban J connectivity index is 2.83. The standard InChI is InChI=1S/C12H19N3O3/c1-9-12(14-5-4-13-9)10(2)15(6-7-18-3)8-11(16)17/h4-5,10H,6-8H2,1-3H3,(H,16,17). The number of hydrogen-bond donors (Lipinski definition) is 1. The monoisotopic (exact) mass is 253 g/mol. The van der Waals surface area contributed by atoms with Gasteiger partial charge in [-0.25, -0.2) is 0 Å². The van der Waals surface area contributed by atoms with Crippen molar-refractivity contribution < 1.29 is 14.6 Å². The molecule has 0 saturated heterocycles. The maximum Gasteiger partial charge on any atom is 0.317 e. The van der Waals surface area contributed by atoms with Gasteiger partial charge in [0.05, 0.1) is 30.6 Å². The zero-order chi connectivity index (χ0) is 13.5. The van der Waals surface area contributed by atoms with Crippen LogP contribution < -0.4 is 0 Å². The second-order valence-electron chi connectivity index (χ2n) is 4.06. The van der Waals surface area contributed by atoms with E-state index in [1.807, 2.05) is 18.7 Å². The van der Waals surface area contributed by atoms with Crippen molar-refractivity contribution in [1.29, 1.82) is 0 Å². The molecule has 100 valence electrons. The van der Waals surface area contributed by atoms with Crippen LogP contribution >= 0.6 is 0 Å². The first-order valence-corrected chi connectivity index (χ1v) is 5.78. The molecule has 0 aliphatic heterocycles. The predicted molar refractivity (Wildman–Crippen MR) is 66.3 cm³/mol. The van der Waals surface area contributed by atoms with Gasteiger partial charge < -0.3 is 9.84 Å². The molecule has 1 heterocycles. The lowest BCUT2D eigenvalue weighted by molar-refractivity contribution is -0.139. The Morgan fingerprint density at radius 2 is 2.17 bits per heavy atom. The molecule has 0 bridgehead atoms. The summed E-state index contributed by atoms with van der Waals surface area (Å²) in [4.78, 5) is 21.1. The molecule has 0 spiro atoms. The van der Waals surface area contributed by atoms with Gasteiger partial charge in [0.15, 0.2) is 0 Å². The SMILES string of the molecule is COCCN(CC(=O)O)C(C)c1nccnc1C. The average molecular weight is 253 g/mol. The summed E-state index contributed by atoms with van der Waals surface area (Å²) in [6.45, 7) is 4.78. The summed E-state index contributed by atoms with van der Waals surface area (Å²) >= 11 is 0. The highest BCUT2D eigenvalue weighted by Gasteiger charge is 2.20. The van der Waals surface area contributed by atoms with Crippen molar-refractivity contribution in [1.82, 2.24) is 14.9 Å². The first kappa shape index (κ1) is 14.5. The third-order valence-electron chi connectivity index (χ3n) is 2.78. The highest BCUT2D eigenvalue weighted by atomic mass is 16.5. The van der Waals surface area contributed by atoms with Gasteiger partial charge >= 0.3 is 5.97 Å². The Morgan fingerprint density at radius 3 is 2.72 bits per heavy atom. The molecule has 1 rings (SSSR count). The second kappa shape index (κ2) is 7.03. The number of nitrogens with zero attached hydrogens (tertiary/aromatic N) is 3. The molecule has 0 aliphatic rings. The van der Waals surface area contributed by atoms with Crippen LogP contribution in [0.25, 0.3) is 0 Å². The number of aliphatic carboxylic acids is 1. The van der Waals surface area contributed by atoms with Gasteiger partial charge in [0.25, 0.3) is 0 Å². The summed E-state index contributed by atoms with van der Waals surface area (Å²) in [6, 6.07) is -0.107. The largest absolute Gasteiger partial charge is 0.480 e. The van der Waals surface area contributed by atoms with E-state index in [1.165, 1.54) is 0 Å². The minimum Gasteiger partial charge on any atom is -0.480 e. The fraction of sp³-hybridized carbons (Fsp3) is 0.583. The van der Waals surface area contributed by atoms with E-state index in [2.05, 4.69) is 9.97 Å². The number of hydrogen-bond acceptors (Lipinski definition) is 5. The number of carboxylic acid groups (broad SMARTS) is 1. The van der Waals surface area contributed by atoms with Gasteiger partial charge in [0, 0.05) is 26.0 Å². The molecule has 1 aromatic heterocycles. The lowest BCUT2D eigenvalue weighted by Gasteiger charge is -2.27. The number of carbonyl (C=O) groups is 1. The van der Waals surface area contributed by atoms with Crippen LogP contribution in [0.5, 0.6) is 0 Å². The van der Waals surface area contributed by atoms with Gasteiger partial charge in [-0.15, -0.1) is 0 Å². The van der Waals surface area contributed by atoms with Crippen LogP contribution in [0, 0.1) is 6.92 Å². The molecule has 1 aromatic rings. The van der Waals surface area contributed by atoms with E-state index in [-0.39, 0.29) is 12.6 Å². The van der Waals surface area contributed by atoms with Crippen molar-refractivity contribution in [2.45, 2.75) is 19.9 Å². The van der Waals surface area contributed by atoms with Gasteiger partial charge in [0.1, 0.15) is 0 Å². The second-order valence-corrected chi connectivity index (χ2v) is 4.06. The molecule has 1 N–H and O–H groups in total. The maximum absolute atomic E-state index is 10.9. The minimum absolute atomic E-state index is 0.0411. The quantitative estimate of drug-likeness (QED) is 0.777. The van der Waals surface area contributed by atoms with Crippen molar-refractivity contribution in [3.05, 3.63) is 23.8 Å². The summed E-state index contributed by atoms with van der Waals surface area (Å²) in [7, 11) is 1.59. The molecule has 1 unspecified atom stereocenters. The Labute approximate surface area is 107 Å². The third kappa shape index (κ3) is 4.05. The third-order valence-corrected chi connectivity index (χ3v) is 2.78. The normalized spacial score (nSPS) is 12.7. The van der Waals surface area contributed by atoms with Crippen LogP contribution in [0.4, 0.5) is 0 Å². The van der Waals surface area contributed by atoms with E-state index in [4.69, 9.17) is 9.84 Å². The van der Waals surface area contributed by atoms with Crippen LogP contribution in [0.2, 0.25) is 0 Å². The van der Waals surface area contributed by atoms with Crippen molar-refractivity contribution in [2.24, 2.45) is 0 Å². The van der Waals surface area contributed by atoms with Crippen LogP contribution in [-0.2, 0) is 9.53 Å². The average Bonchev–Trinajstić information content (AvgIpc) is 2.34. The molecule has 1 atom stereocenters. The molecule has 0 amide bonds. The van der Waals surface area contributed by atoms with E-state index in [9.17, 15) is 4.79 Å². The Morgan fingerprint density at radius 1 is 1.50 bits per heavy atom. The number of ether oxygens (including phenoxy) is 1. The van der Waals surface area contributed by atoms with Crippen LogP contribution in [-0.4, -0.2) is 52.7 Å². The molecular weight excluding hydrogens is 234 g/mol. The van der Waals surface area contributed by atoms with Crippen LogP contribution in [0.15, 0.2) is 12.4 Å². The maximum atomic E-state index is 10.9. The van der Waals surface area contributed by atoms with Gasteiger partial charge in [-0.3, -0.25) is 19.7 Å². The van der Waals surface area contributed by atoms with Gasteiger partial charge in [-0.2, -0.15) is 0 Å². The fourth-order valence-corrected chi connectivity index (χ4v) is 1.79. The molecule has 0 saturated carbocycles. The molecule has 18 heavy (non-hydrogen) atoms. The van der Waals surface area contributed by atoms with Gasteiger partial charge in [-0.05, 0) is 13.8 Å². The first-order valence-electron chi connectivity index (χ1n) is 5.78. The molecule has 0 fully saturated rings. The lowest BCUT2D eigenvalue weighted by Crippen LogP contribution is -2.35. The molecular formula is C12H19N3O3. The summed E-state index contributed by atoms with van der Waals surface area (Å²) in [6.07, 6.45) is 3.25. The minimum atomic E-state index is -0.862. The molecule has 0 aliphatic carbocycles. The smallest absolute Gasteiger partial charge is 0.317 e. The topological polar surface area (TPSA) is 75.5 Å². The molecule has 6 heteroatoms. The number of aromatic nitrogens is 2. The van der Waals surface area contributed by atoms with Crippen molar-refractivity contribution in [3.8, 4) is 0 Å². The van der Waals surface area contributed by atoms with E-state index in [0.717, 1.165) is 11.4 Å². The number of rotatable bonds is 7. The summed E-state index contributed by atoms with van der Waals surface area (Å²) in [5.41, 5.74) is 1.62. The fourth-order valence-electron chi connectivity index (χ4n) is 1.79. The van der Waals surface area contributed by atoms with E-state index in [0.29, 0.717) is 13.2 Å². The molecule has 0 radical (unpaired) electrons. The van der Waals surface area contributed by atoms with E-state index in [1.54, 1.807) is 19.5 Å². The number of aryl methyl sites for hydroxylation is 1. The van der Waals surface area contributed by atoms with Crippen LogP contribution in [0.3, 0.4) is 0 Å². The van der Waals surface area contributed by atoms with Gasteiger partial charge in [0.2, 0.25) is 0 Å². The predicted octanol–water partition coefficient (Wildman–Crippen LogP) is 0.879. The lowest BCUT2D eigenvalue weighted by atomic mass is 10.1. The van der Waals surface area contributed by atoms with Crippen molar-refractivity contribution >= 4 is 5.97 Å². The Hall–Kier alpha value is -1.53. The van der Waals surface area contributed by atoms with E-state index >= 15 is 0 Å². The Kier molecular flexibility index (Phi) is 5.67. The highest BCUT2D eigenvalue weighted by molar-refractivity contribution is 5.69. The van der Waals surface area contributed by atoms with Crippen molar-refractivity contribution in [3.63, 3.8) is 0 Å². The molecule has 6 nitrogen and oxygen atoms in total.